The topological polar surface area (TPSA) is 66.9 Å². The molecule has 20 heavy (non-hydrogen) atoms. The molecule has 0 radical (unpaired) electrons. The second-order valence-electron chi connectivity index (χ2n) is 4.41. The van der Waals surface area contributed by atoms with Crippen LogP contribution in [0.4, 0.5) is 11.6 Å². The minimum absolute atomic E-state index is 0.0770. The normalized spacial score (nSPS) is 10.2. The summed E-state index contributed by atoms with van der Waals surface area (Å²) in [6.07, 6.45) is 1.64. The lowest BCUT2D eigenvalue weighted by atomic mass is 10.2. The zero-order valence-corrected chi connectivity index (χ0v) is 12.0. The predicted molar refractivity (Wildman–Crippen MR) is 80.1 cm³/mol. The van der Waals surface area contributed by atoms with Crippen LogP contribution in [0.25, 0.3) is 0 Å². The molecule has 5 nitrogen and oxygen atoms in total. The lowest BCUT2D eigenvalue weighted by molar-refractivity contribution is -0.114. The monoisotopic (exact) mass is 290 g/mol. The molecule has 0 atom stereocenters. The first kappa shape index (κ1) is 14.3. The molecule has 0 bridgehead atoms. The molecule has 2 rings (SSSR count). The van der Waals surface area contributed by atoms with Gasteiger partial charge in [-0.15, -0.1) is 0 Å². The summed E-state index contributed by atoms with van der Waals surface area (Å²) in [6, 6.07) is 7.25. The number of rotatable bonds is 4. The molecule has 0 fully saturated rings. The zero-order chi connectivity index (χ0) is 14.5. The largest absolute Gasteiger partial charge is 0.345 e. The van der Waals surface area contributed by atoms with Gasteiger partial charge in [0, 0.05) is 11.9 Å². The van der Waals surface area contributed by atoms with Crippen LogP contribution in [0.15, 0.2) is 30.5 Å². The van der Waals surface area contributed by atoms with Crippen LogP contribution in [-0.4, -0.2) is 22.4 Å². The molecule has 0 aliphatic carbocycles. The van der Waals surface area contributed by atoms with Gasteiger partial charge in [-0.2, -0.15) is 0 Å². The lowest BCUT2D eigenvalue weighted by Crippen LogP contribution is -2.22. The number of nitrogens with one attached hydrogen (secondary N) is 2. The van der Waals surface area contributed by atoms with Crippen molar-refractivity contribution in [1.82, 2.24) is 9.97 Å². The molecule has 2 N–H and O–H groups in total. The van der Waals surface area contributed by atoms with Crippen LogP contribution in [0.2, 0.25) is 5.02 Å². The number of aryl methyl sites for hydroxylation is 2. The van der Waals surface area contributed by atoms with Crippen LogP contribution in [0, 0.1) is 13.8 Å². The van der Waals surface area contributed by atoms with E-state index in [0.717, 1.165) is 11.3 Å². The van der Waals surface area contributed by atoms with Crippen LogP contribution in [0.5, 0.6) is 0 Å². The van der Waals surface area contributed by atoms with Crippen molar-refractivity contribution in [2.45, 2.75) is 13.8 Å². The van der Waals surface area contributed by atoms with Gasteiger partial charge >= 0.3 is 0 Å². The molecule has 6 heteroatoms. The van der Waals surface area contributed by atoms with E-state index in [1.807, 2.05) is 19.9 Å². The molecule has 0 saturated heterocycles. The fourth-order valence-corrected chi connectivity index (χ4v) is 1.89. The second-order valence-corrected chi connectivity index (χ2v) is 4.81. The van der Waals surface area contributed by atoms with Crippen molar-refractivity contribution < 1.29 is 4.79 Å². The number of benzene rings is 1. The van der Waals surface area contributed by atoms with Gasteiger partial charge in [-0.3, -0.25) is 4.79 Å². The fraction of sp³-hybridized carbons (Fsp3) is 0.214. The third kappa shape index (κ3) is 3.93. The van der Waals surface area contributed by atoms with Crippen molar-refractivity contribution in [3.63, 3.8) is 0 Å². The minimum atomic E-state index is -0.208. The van der Waals surface area contributed by atoms with Crippen molar-refractivity contribution >= 4 is 29.1 Å². The highest BCUT2D eigenvalue weighted by atomic mass is 35.5. The molecule has 1 aromatic heterocycles. The maximum Gasteiger partial charge on any atom is 0.243 e. The summed E-state index contributed by atoms with van der Waals surface area (Å²) in [7, 11) is 0. The molecule has 104 valence electrons. The van der Waals surface area contributed by atoms with E-state index in [9.17, 15) is 4.79 Å². The Morgan fingerprint density at radius 2 is 2.10 bits per heavy atom. The summed E-state index contributed by atoms with van der Waals surface area (Å²) in [6.45, 7) is 3.88. The fourth-order valence-electron chi connectivity index (χ4n) is 1.61. The maximum absolute atomic E-state index is 11.8. The molecular formula is C14H15ClN4O. The molecule has 1 amide bonds. The minimum Gasteiger partial charge on any atom is -0.345 e. The second kappa shape index (κ2) is 6.34. The third-order valence-corrected chi connectivity index (χ3v) is 2.91. The van der Waals surface area contributed by atoms with E-state index in [1.54, 1.807) is 24.4 Å². The van der Waals surface area contributed by atoms with Gasteiger partial charge in [0.15, 0.2) is 0 Å². The van der Waals surface area contributed by atoms with Gasteiger partial charge in [0.25, 0.3) is 0 Å². The van der Waals surface area contributed by atoms with E-state index in [0.29, 0.717) is 16.7 Å². The maximum atomic E-state index is 11.8. The summed E-state index contributed by atoms with van der Waals surface area (Å²) in [5.41, 5.74) is 2.47. The summed E-state index contributed by atoms with van der Waals surface area (Å²) < 4.78 is 0. The summed E-state index contributed by atoms with van der Waals surface area (Å²) in [5.74, 6) is 0.219. The number of aromatic nitrogens is 2. The summed E-state index contributed by atoms with van der Waals surface area (Å²) in [4.78, 5) is 20.0. The van der Waals surface area contributed by atoms with E-state index < -0.39 is 0 Å². The highest BCUT2D eigenvalue weighted by Crippen LogP contribution is 2.22. The predicted octanol–water partition coefficient (Wildman–Crippen LogP) is 2.80. The highest BCUT2D eigenvalue weighted by Gasteiger charge is 2.06. The number of carbonyl (C=O) groups is 1. The SMILES string of the molecule is Cc1ccc(NC(=O)CNc2nccc(C)n2)c(Cl)c1. The van der Waals surface area contributed by atoms with Crippen molar-refractivity contribution in [1.29, 1.82) is 0 Å². The van der Waals surface area contributed by atoms with Gasteiger partial charge in [-0.25, -0.2) is 9.97 Å². The van der Waals surface area contributed by atoms with Gasteiger partial charge in [0.1, 0.15) is 0 Å². The Hall–Kier alpha value is -2.14. The van der Waals surface area contributed by atoms with E-state index in [-0.39, 0.29) is 12.5 Å². The number of hydrogen-bond acceptors (Lipinski definition) is 4. The van der Waals surface area contributed by atoms with Crippen LogP contribution in [0.1, 0.15) is 11.3 Å². The molecule has 1 aromatic carbocycles. The first-order valence-electron chi connectivity index (χ1n) is 6.14. The van der Waals surface area contributed by atoms with Crippen LogP contribution < -0.4 is 10.6 Å². The molecule has 0 saturated carbocycles. The van der Waals surface area contributed by atoms with Crippen molar-refractivity contribution in [3.05, 3.63) is 46.7 Å². The highest BCUT2D eigenvalue weighted by molar-refractivity contribution is 6.33. The number of nitrogens with zero attached hydrogens (tertiary/aromatic N) is 2. The quantitative estimate of drug-likeness (QED) is 0.908. The summed E-state index contributed by atoms with van der Waals surface area (Å²) in [5, 5.41) is 6.11. The van der Waals surface area contributed by atoms with Crippen LogP contribution >= 0.6 is 11.6 Å². The van der Waals surface area contributed by atoms with Crippen molar-refractivity contribution in [2.24, 2.45) is 0 Å². The molecule has 1 heterocycles. The first-order valence-corrected chi connectivity index (χ1v) is 6.52. The van der Waals surface area contributed by atoms with E-state index in [4.69, 9.17) is 11.6 Å². The number of amides is 1. The third-order valence-electron chi connectivity index (χ3n) is 2.60. The first-order chi connectivity index (χ1) is 9.54. The molecule has 0 unspecified atom stereocenters. The Kier molecular flexibility index (Phi) is 4.53. The van der Waals surface area contributed by atoms with Crippen LogP contribution in [-0.2, 0) is 4.79 Å². The molecule has 0 spiro atoms. The summed E-state index contributed by atoms with van der Waals surface area (Å²) >= 11 is 6.05. The average Bonchev–Trinajstić information content (AvgIpc) is 2.40. The Labute approximate surface area is 122 Å². The smallest absolute Gasteiger partial charge is 0.243 e. The Morgan fingerprint density at radius 3 is 2.80 bits per heavy atom. The standard InChI is InChI=1S/C14H15ClN4O/c1-9-3-4-12(11(15)7-9)19-13(20)8-17-14-16-6-5-10(2)18-14/h3-7H,8H2,1-2H3,(H,19,20)(H,16,17,18). The van der Waals surface area contributed by atoms with Gasteiger partial charge in [-0.1, -0.05) is 17.7 Å². The lowest BCUT2D eigenvalue weighted by Gasteiger charge is -2.09. The van der Waals surface area contributed by atoms with E-state index >= 15 is 0 Å². The number of halogens is 1. The molecule has 2 aromatic rings. The Balaban J connectivity index is 1.92. The van der Waals surface area contributed by atoms with E-state index in [2.05, 4.69) is 20.6 Å². The number of carbonyl (C=O) groups excluding carboxylic acids is 1. The van der Waals surface area contributed by atoms with Gasteiger partial charge in [0.05, 0.1) is 17.3 Å². The molecule has 0 aliphatic heterocycles. The Morgan fingerprint density at radius 1 is 1.30 bits per heavy atom. The van der Waals surface area contributed by atoms with Gasteiger partial charge in [-0.05, 0) is 37.6 Å². The molecule has 0 aliphatic rings. The van der Waals surface area contributed by atoms with Crippen molar-refractivity contribution in [2.75, 3.05) is 17.2 Å². The van der Waals surface area contributed by atoms with Crippen molar-refractivity contribution in [3.8, 4) is 0 Å². The van der Waals surface area contributed by atoms with E-state index in [1.165, 1.54) is 0 Å². The zero-order valence-electron chi connectivity index (χ0n) is 11.3. The number of hydrogen-bond donors (Lipinski definition) is 2. The van der Waals surface area contributed by atoms with Crippen LogP contribution in [0.3, 0.4) is 0 Å². The number of anilines is 2. The molecular weight excluding hydrogens is 276 g/mol. The Bertz CT molecular complexity index is 630. The van der Waals surface area contributed by atoms with Gasteiger partial charge < -0.3 is 10.6 Å². The average molecular weight is 291 g/mol. The van der Waals surface area contributed by atoms with Gasteiger partial charge in [0.2, 0.25) is 11.9 Å².